The van der Waals surface area contributed by atoms with E-state index in [4.69, 9.17) is 10.5 Å². The van der Waals surface area contributed by atoms with E-state index < -0.39 is 0 Å². The number of rotatable bonds is 4. The Morgan fingerprint density at radius 3 is 2.33 bits per heavy atom. The lowest BCUT2D eigenvalue weighted by Gasteiger charge is -2.44. The van der Waals surface area contributed by atoms with E-state index in [1.165, 1.54) is 19.3 Å². The first-order valence-corrected chi connectivity index (χ1v) is 6.21. The van der Waals surface area contributed by atoms with Gasteiger partial charge in [-0.2, -0.15) is 0 Å². The fourth-order valence-electron chi connectivity index (χ4n) is 2.54. The molecule has 2 rings (SSSR count). The molecule has 0 atom stereocenters. The van der Waals surface area contributed by atoms with Crippen molar-refractivity contribution in [2.45, 2.75) is 44.6 Å². The van der Waals surface area contributed by atoms with E-state index >= 15 is 0 Å². The normalized spacial score (nSPS) is 28.4. The number of hydrogen-bond donors (Lipinski definition) is 2. The predicted molar refractivity (Wildman–Crippen MR) is 61.8 cm³/mol. The number of hydrogen-bond acceptors (Lipinski definition) is 3. The standard InChI is InChI=1S/C12H24N2O/c1-11(3-2-4-11)14-10-12(9-13)5-7-15-8-6-12/h14H,2-10,13H2,1H3. The molecule has 0 spiro atoms. The summed E-state index contributed by atoms with van der Waals surface area (Å²) >= 11 is 0. The molecule has 2 aliphatic rings. The Morgan fingerprint density at radius 1 is 1.20 bits per heavy atom. The molecule has 3 nitrogen and oxygen atoms in total. The maximum Gasteiger partial charge on any atom is 0.0472 e. The molecule has 0 radical (unpaired) electrons. The van der Waals surface area contributed by atoms with Gasteiger partial charge in [-0.05, 0) is 51.0 Å². The summed E-state index contributed by atoms with van der Waals surface area (Å²) in [5.74, 6) is 0. The zero-order valence-electron chi connectivity index (χ0n) is 9.85. The monoisotopic (exact) mass is 212 g/mol. The van der Waals surface area contributed by atoms with Crippen molar-refractivity contribution in [1.29, 1.82) is 0 Å². The Labute approximate surface area is 92.7 Å². The third-order valence-electron chi connectivity index (χ3n) is 4.33. The highest BCUT2D eigenvalue weighted by atomic mass is 16.5. The van der Waals surface area contributed by atoms with Gasteiger partial charge >= 0.3 is 0 Å². The Morgan fingerprint density at radius 2 is 1.87 bits per heavy atom. The van der Waals surface area contributed by atoms with Gasteiger partial charge < -0.3 is 15.8 Å². The van der Waals surface area contributed by atoms with Crippen molar-refractivity contribution in [3.05, 3.63) is 0 Å². The smallest absolute Gasteiger partial charge is 0.0472 e. The molecular weight excluding hydrogens is 188 g/mol. The fourth-order valence-corrected chi connectivity index (χ4v) is 2.54. The lowest BCUT2D eigenvalue weighted by atomic mass is 9.75. The van der Waals surface area contributed by atoms with Gasteiger partial charge in [0.05, 0.1) is 0 Å². The first-order chi connectivity index (χ1) is 7.18. The lowest BCUT2D eigenvalue weighted by molar-refractivity contribution is 0.0123. The summed E-state index contributed by atoms with van der Waals surface area (Å²) < 4.78 is 5.42. The van der Waals surface area contributed by atoms with Crippen LogP contribution in [0.15, 0.2) is 0 Å². The zero-order chi connectivity index (χ0) is 10.8. The molecule has 88 valence electrons. The van der Waals surface area contributed by atoms with E-state index in [9.17, 15) is 0 Å². The molecule has 3 heteroatoms. The molecule has 0 bridgehead atoms. The highest BCUT2D eigenvalue weighted by Gasteiger charge is 2.36. The molecule has 15 heavy (non-hydrogen) atoms. The number of nitrogens with one attached hydrogen (secondary N) is 1. The van der Waals surface area contributed by atoms with Crippen molar-refractivity contribution in [3.8, 4) is 0 Å². The van der Waals surface area contributed by atoms with Crippen molar-refractivity contribution in [3.63, 3.8) is 0 Å². The van der Waals surface area contributed by atoms with Crippen molar-refractivity contribution >= 4 is 0 Å². The molecular formula is C12H24N2O. The van der Waals surface area contributed by atoms with Crippen LogP contribution in [-0.4, -0.2) is 31.8 Å². The minimum atomic E-state index is 0.302. The van der Waals surface area contributed by atoms with E-state index in [-0.39, 0.29) is 0 Å². The van der Waals surface area contributed by atoms with Gasteiger partial charge in [-0.1, -0.05) is 0 Å². The topological polar surface area (TPSA) is 47.3 Å². The SMILES string of the molecule is CC1(NCC2(CN)CCOCC2)CCC1. The van der Waals surface area contributed by atoms with E-state index in [2.05, 4.69) is 12.2 Å². The van der Waals surface area contributed by atoms with Gasteiger partial charge in [-0.15, -0.1) is 0 Å². The summed E-state index contributed by atoms with van der Waals surface area (Å²) in [7, 11) is 0. The summed E-state index contributed by atoms with van der Waals surface area (Å²) in [6, 6.07) is 0. The van der Waals surface area contributed by atoms with Crippen LogP contribution >= 0.6 is 0 Å². The Kier molecular flexibility index (Phi) is 3.33. The lowest BCUT2D eigenvalue weighted by Crippen LogP contribution is -2.54. The van der Waals surface area contributed by atoms with Crippen LogP contribution in [0.3, 0.4) is 0 Å². The van der Waals surface area contributed by atoms with Crippen molar-refractivity contribution in [2.24, 2.45) is 11.1 Å². The van der Waals surface area contributed by atoms with Crippen molar-refractivity contribution < 1.29 is 4.74 Å². The largest absolute Gasteiger partial charge is 0.381 e. The van der Waals surface area contributed by atoms with Crippen LogP contribution in [-0.2, 0) is 4.74 Å². The molecule has 1 aliphatic heterocycles. The molecule has 0 aromatic rings. The minimum Gasteiger partial charge on any atom is -0.381 e. The van der Waals surface area contributed by atoms with Crippen molar-refractivity contribution in [1.82, 2.24) is 5.32 Å². The molecule has 0 unspecified atom stereocenters. The molecule has 1 aliphatic carbocycles. The van der Waals surface area contributed by atoms with Crippen LogP contribution in [0.25, 0.3) is 0 Å². The highest BCUT2D eigenvalue weighted by Crippen LogP contribution is 2.34. The molecule has 1 heterocycles. The third kappa shape index (κ3) is 2.52. The van der Waals surface area contributed by atoms with Crippen LogP contribution in [0.4, 0.5) is 0 Å². The summed E-state index contributed by atoms with van der Waals surface area (Å²) in [4.78, 5) is 0. The maximum atomic E-state index is 5.93. The Balaban J connectivity index is 1.84. The summed E-state index contributed by atoms with van der Waals surface area (Å²) in [5, 5.41) is 3.72. The summed E-state index contributed by atoms with van der Waals surface area (Å²) in [6.45, 7) is 5.97. The second kappa shape index (κ2) is 4.40. The molecule has 1 saturated heterocycles. The van der Waals surface area contributed by atoms with Gasteiger partial charge in [0.2, 0.25) is 0 Å². The van der Waals surface area contributed by atoms with E-state index in [1.54, 1.807) is 0 Å². The summed E-state index contributed by atoms with van der Waals surface area (Å²) in [6.07, 6.45) is 6.26. The van der Waals surface area contributed by atoms with Gasteiger partial charge in [-0.25, -0.2) is 0 Å². The van der Waals surface area contributed by atoms with E-state index in [0.29, 0.717) is 11.0 Å². The van der Waals surface area contributed by atoms with Crippen LogP contribution in [0.2, 0.25) is 0 Å². The number of ether oxygens (including phenoxy) is 1. The highest BCUT2D eigenvalue weighted by molar-refractivity contribution is 4.95. The molecule has 0 amide bonds. The average molecular weight is 212 g/mol. The molecule has 0 aromatic carbocycles. The van der Waals surface area contributed by atoms with Crippen LogP contribution < -0.4 is 11.1 Å². The zero-order valence-corrected chi connectivity index (χ0v) is 9.85. The quantitative estimate of drug-likeness (QED) is 0.738. The molecule has 3 N–H and O–H groups in total. The Bertz CT molecular complexity index is 208. The van der Waals surface area contributed by atoms with E-state index in [0.717, 1.165) is 39.1 Å². The third-order valence-corrected chi connectivity index (χ3v) is 4.33. The van der Waals surface area contributed by atoms with E-state index in [1.807, 2.05) is 0 Å². The molecule has 2 fully saturated rings. The van der Waals surface area contributed by atoms with Gasteiger partial charge in [0, 0.05) is 25.3 Å². The van der Waals surface area contributed by atoms with Crippen LogP contribution in [0.1, 0.15) is 39.0 Å². The van der Waals surface area contributed by atoms with Gasteiger partial charge in [0.1, 0.15) is 0 Å². The second-order valence-electron chi connectivity index (χ2n) is 5.58. The molecule has 0 aromatic heterocycles. The average Bonchev–Trinajstić information content (AvgIpc) is 2.25. The fraction of sp³-hybridized carbons (Fsp3) is 1.00. The second-order valence-corrected chi connectivity index (χ2v) is 5.58. The Hall–Kier alpha value is -0.120. The van der Waals surface area contributed by atoms with Gasteiger partial charge in [0.15, 0.2) is 0 Å². The minimum absolute atomic E-state index is 0.302. The van der Waals surface area contributed by atoms with Crippen LogP contribution in [0, 0.1) is 5.41 Å². The van der Waals surface area contributed by atoms with Gasteiger partial charge in [-0.3, -0.25) is 0 Å². The number of nitrogens with two attached hydrogens (primary N) is 1. The maximum absolute atomic E-state index is 5.93. The van der Waals surface area contributed by atoms with Gasteiger partial charge in [0.25, 0.3) is 0 Å². The first-order valence-electron chi connectivity index (χ1n) is 6.21. The van der Waals surface area contributed by atoms with Crippen LogP contribution in [0.5, 0.6) is 0 Å². The molecule has 1 saturated carbocycles. The summed E-state index contributed by atoms with van der Waals surface area (Å²) in [5.41, 5.74) is 6.64. The van der Waals surface area contributed by atoms with Crippen molar-refractivity contribution in [2.75, 3.05) is 26.3 Å². The predicted octanol–water partition coefficient (Wildman–Crippen LogP) is 1.27. The first kappa shape index (κ1) is 11.4.